The molecule has 0 aliphatic carbocycles. The number of Topliss-reactive ketones (excluding diaryl/α,β-unsaturated/α-hetero) is 1. The van der Waals surface area contributed by atoms with Crippen molar-refractivity contribution in [1.29, 1.82) is 0 Å². The molecule has 0 unspecified atom stereocenters. The molecule has 0 bridgehead atoms. The van der Waals surface area contributed by atoms with Crippen molar-refractivity contribution in [3.05, 3.63) is 88.0 Å². The van der Waals surface area contributed by atoms with Crippen LogP contribution in [0.25, 0.3) is 11.3 Å². The maximum absolute atomic E-state index is 12.7. The predicted octanol–water partition coefficient (Wildman–Crippen LogP) is 5.16. The highest BCUT2D eigenvalue weighted by Crippen LogP contribution is 2.31. The molecule has 2 heterocycles. The van der Waals surface area contributed by atoms with Gasteiger partial charge in [-0.05, 0) is 11.6 Å². The van der Waals surface area contributed by atoms with Gasteiger partial charge in [0.2, 0.25) is 0 Å². The average molecular weight is 437 g/mol. The summed E-state index contributed by atoms with van der Waals surface area (Å²) in [7, 11) is 0. The molecule has 8 heteroatoms. The van der Waals surface area contributed by atoms with E-state index in [2.05, 4.69) is 15.4 Å². The lowest BCUT2D eigenvalue weighted by atomic mass is 10.1. The topological polar surface area (TPSA) is 76.9 Å². The minimum Gasteiger partial charge on any atom is -0.298 e. The first-order valence-corrected chi connectivity index (χ1v) is 10.3. The highest BCUT2D eigenvalue weighted by molar-refractivity contribution is 7.18. The average Bonchev–Trinajstić information content (AvgIpc) is 3.38. The van der Waals surface area contributed by atoms with Gasteiger partial charge in [-0.3, -0.25) is 19.6 Å². The molecule has 4 aromatic rings. The molecule has 0 fully saturated rings. The molecule has 0 aliphatic rings. The van der Waals surface area contributed by atoms with Crippen LogP contribution in [0.3, 0.4) is 0 Å². The number of benzene rings is 2. The lowest BCUT2D eigenvalue weighted by Crippen LogP contribution is -2.11. The zero-order chi connectivity index (χ0) is 21.1. The summed E-state index contributed by atoms with van der Waals surface area (Å²) in [6, 6.07) is 16.9. The predicted molar refractivity (Wildman–Crippen MR) is 118 cm³/mol. The fourth-order valence-corrected chi connectivity index (χ4v) is 4.02. The Bertz CT molecular complexity index is 1220. The number of hydrogen-bond donors (Lipinski definition) is 1. The van der Waals surface area contributed by atoms with Crippen LogP contribution in [0.2, 0.25) is 5.02 Å². The molecule has 1 amide bonds. The number of aromatic nitrogens is 3. The maximum Gasteiger partial charge on any atom is 0.260 e. The Labute approximate surface area is 182 Å². The van der Waals surface area contributed by atoms with Gasteiger partial charge in [0.05, 0.1) is 28.9 Å². The van der Waals surface area contributed by atoms with Crippen LogP contribution < -0.4 is 5.32 Å². The van der Waals surface area contributed by atoms with Crippen LogP contribution in [0.1, 0.15) is 32.5 Å². The summed E-state index contributed by atoms with van der Waals surface area (Å²) < 4.78 is 1.65. The molecule has 0 spiro atoms. The zero-order valence-corrected chi connectivity index (χ0v) is 17.6. The highest BCUT2D eigenvalue weighted by Gasteiger charge is 2.19. The summed E-state index contributed by atoms with van der Waals surface area (Å²) >= 11 is 7.35. The Balaban J connectivity index is 1.53. The van der Waals surface area contributed by atoms with Crippen molar-refractivity contribution in [3.63, 3.8) is 0 Å². The second kappa shape index (κ2) is 8.61. The SMILES string of the molecule is CC(=O)c1sc(NC(=O)c2cnn(Cc3ccccc3Cl)c2)nc1-c1ccccc1. The monoisotopic (exact) mass is 436 g/mol. The van der Waals surface area contributed by atoms with Gasteiger partial charge in [-0.15, -0.1) is 0 Å². The van der Waals surface area contributed by atoms with E-state index in [0.29, 0.717) is 32.8 Å². The second-order valence-electron chi connectivity index (χ2n) is 6.59. The molecule has 2 aromatic carbocycles. The Morgan fingerprint density at radius 3 is 2.57 bits per heavy atom. The number of nitrogens with one attached hydrogen (secondary N) is 1. The van der Waals surface area contributed by atoms with Gasteiger partial charge in [0.25, 0.3) is 5.91 Å². The van der Waals surface area contributed by atoms with Crippen molar-refractivity contribution in [2.75, 3.05) is 5.32 Å². The summed E-state index contributed by atoms with van der Waals surface area (Å²) in [4.78, 5) is 29.7. The molecule has 150 valence electrons. The van der Waals surface area contributed by atoms with Crippen molar-refractivity contribution in [3.8, 4) is 11.3 Å². The fraction of sp³-hybridized carbons (Fsp3) is 0.0909. The van der Waals surface area contributed by atoms with E-state index in [-0.39, 0.29) is 11.7 Å². The molecular formula is C22H17ClN4O2S. The Morgan fingerprint density at radius 2 is 1.83 bits per heavy atom. The summed E-state index contributed by atoms with van der Waals surface area (Å²) in [6.45, 7) is 1.95. The number of thiazole rings is 1. The van der Waals surface area contributed by atoms with Crippen LogP contribution >= 0.6 is 22.9 Å². The number of amides is 1. The van der Waals surface area contributed by atoms with Crippen molar-refractivity contribution in [1.82, 2.24) is 14.8 Å². The van der Waals surface area contributed by atoms with E-state index in [9.17, 15) is 9.59 Å². The molecular weight excluding hydrogens is 420 g/mol. The van der Waals surface area contributed by atoms with Gasteiger partial charge in [0, 0.05) is 23.7 Å². The van der Waals surface area contributed by atoms with Gasteiger partial charge in [0.1, 0.15) is 0 Å². The van der Waals surface area contributed by atoms with Crippen LogP contribution in [0.5, 0.6) is 0 Å². The van der Waals surface area contributed by atoms with Crippen LogP contribution in [0, 0.1) is 0 Å². The second-order valence-corrected chi connectivity index (χ2v) is 8.00. The number of hydrogen-bond acceptors (Lipinski definition) is 5. The van der Waals surface area contributed by atoms with Crippen molar-refractivity contribution in [2.45, 2.75) is 13.5 Å². The smallest absolute Gasteiger partial charge is 0.260 e. The first kappa shape index (κ1) is 20.0. The van der Waals surface area contributed by atoms with Gasteiger partial charge in [-0.25, -0.2) is 4.98 Å². The number of carbonyl (C=O) groups is 2. The molecule has 0 aliphatic heterocycles. The van der Waals surface area contributed by atoms with Gasteiger partial charge in [-0.1, -0.05) is 71.5 Å². The lowest BCUT2D eigenvalue weighted by molar-refractivity contribution is 0.101. The summed E-state index contributed by atoms with van der Waals surface area (Å²) in [5.41, 5.74) is 2.69. The third-order valence-electron chi connectivity index (χ3n) is 4.40. The van der Waals surface area contributed by atoms with Gasteiger partial charge < -0.3 is 0 Å². The lowest BCUT2D eigenvalue weighted by Gasteiger charge is -2.03. The number of halogens is 1. The van der Waals surface area contributed by atoms with Crippen molar-refractivity contribution < 1.29 is 9.59 Å². The molecule has 0 saturated heterocycles. The summed E-state index contributed by atoms with van der Waals surface area (Å²) in [5, 5.41) is 8.02. The molecule has 2 aromatic heterocycles. The van der Waals surface area contributed by atoms with Crippen LogP contribution in [0.15, 0.2) is 67.0 Å². The molecule has 0 atom stereocenters. The standard InChI is InChI=1S/C22H17ClN4O2S/c1-14(28)20-19(15-7-3-2-4-8-15)25-22(30-20)26-21(29)17-11-24-27(13-17)12-16-9-5-6-10-18(16)23/h2-11,13H,12H2,1H3,(H,25,26,29). The number of ketones is 1. The summed E-state index contributed by atoms with van der Waals surface area (Å²) in [6.07, 6.45) is 3.14. The van der Waals surface area contributed by atoms with E-state index < -0.39 is 0 Å². The first-order chi connectivity index (χ1) is 14.5. The minimum atomic E-state index is -0.344. The Kier molecular flexibility index (Phi) is 5.74. The van der Waals surface area contributed by atoms with E-state index in [4.69, 9.17) is 11.6 Å². The summed E-state index contributed by atoms with van der Waals surface area (Å²) in [5.74, 6) is -0.441. The fourth-order valence-electron chi connectivity index (χ4n) is 2.94. The number of carbonyl (C=O) groups excluding carboxylic acids is 2. The zero-order valence-electron chi connectivity index (χ0n) is 16.0. The Hall–Kier alpha value is -3.29. The molecule has 0 saturated carbocycles. The number of anilines is 1. The number of nitrogens with zero attached hydrogens (tertiary/aromatic N) is 3. The molecule has 1 N–H and O–H groups in total. The molecule has 6 nitrogen and oxygen atoms in total. The van der Waals surface area contributed by atoms with Crippen molar-refractivity contribution in [2.24, 2.45) is 0 Å². The van der Waals surface area contributed by atoms with Gasteiger partial charge >= 0.3 is 0 Å². The van der Waals surface area contributed by atoms with Crippen molar-refractivity contribution >= 4 is 39.8 Å². The molecule has 0 radical (unpaired) electrons. The van der Waals surface area contributed by atoms with E-state index in [1.54, 1.807) is 10.9 Å². The van der Waals surface area contributed by atoms with E-state index in [1.165, 1.54) is 13.1 Å². The third-order valence-corrected chi connectivity index (χ3v) is 5.84. The minimum absolute atomic E-state index is 0.0978. The third kappa shape index (κ3) is 4.32. The largest absolute Gasteiger partial charge is 0.298 e. The molecule has 4 rings (SSSR count). The van der Waals surface area contributed by atoms with E-state index in [0.717, 1.165) is 22.5 Å². The maximum atomic E-state index is 12.7. The highest BCUT2D eigenvalue weighted by atomic mass is 35.5. The van der Waals surface area contributed by atoms with Gasteiger partial charge in [0.15, 0.2) is 10.9 Å². The van der Waals surface area contributed by atoms with Crippen LogP contribution in [-0.2, 0) is 6.54 Å². The Morgan fingerprint density at radius 1 is 1.10 bits per heavy atom. The van der Waals surface area contributed by atoms with Crippen LogP contribution in [-0.4, -0.2) is 26.5 Å². The van der Waals surface area contributed by atoms with E-state index >= 15 is 0 Å². The quantitative estimate of drug-likeness (QED) is 0.423. The van der Waals surface area contributed by atoms with E-state index in [1.807, 2.05) is 54.6 Å². The number of rotatable bonds is 6. The van der Waals surface area contributed by atoms with Gasteiger partial charge in [-0.2, -0.15) is 5.10 Å². The first-order valence-electron chi connectivity index (χ1n) is 9.15. The molecule has 30 heavy (non-hydrogen) atoms. The van der Waals surface area contributed by atoms with Crippen LogP contribution in [0.4, 0.5) is 5.13 Å². The normalized spacial score (nSPS) is 10.7.